The van der Waals surface area contributed by atoms with Crippen molar-refractivity contribution in [2.45, 2.75) is 32.9 Å². The largest absolute Gasteiger partial charge is 0.399 e. The lowest BCUT2D eigenvalue weighted by Gasteiger charge is -2.37. The van der Waals surface area contributed by atoms with Gasteiger partial charge in [0.15, 0.2) is 0 Å². The zero-order chi connectivity index (χ0) is 13.0. The monoisotopic (exact) mass is 248 g/mol. The minimum atomic E-state index is 0.706. The quantitative estimate of drug-likeness (QED) is 0.878. The van der Waals surface area contributed by atoms with Gasteiger partial charge in [0.25, 0.3) is 0 Å². The van der Waals surface area contributed by atoms with Crippen molar-refractivity contribution in [1.82, 2.24) is 14.8 Å². The van der Waals surface area contributed by atoms with Gasteiger partial charge in [-0.15, -0.1) is 0 Å². The van der Waals surface area contributed by atoms with Crippen LogP contribution in [-0.2, 0) is 6.54 Å². The number of nitrogens with two attached hydrogens (primary N) is 1. The van der Waals surface area contributed by atoms with Crippen LogP contribution in [0, 0.1) is 0 Å². The van der Waals surface area contributed by atoms with Crippen LogP contribution in [0.3, 0.4) is 0 Å². The van der Waals surface area contributed by atoms with Crippen molar-refractivity contribution in [1.29, 1.82) is 0 Å². The zero-order valence-corrected chi connectivity index (χ0v) is 11.5. The number of nitrogen functional groups attached to an aromatic ring is 1. The van der Waals surface area contributed by atoms with E-state index >= 15 is 0 Å². The third-order valence-electron chi connectivity index (χ3n) is 3.85. The minimum absolute atomic E-state index is 0.706. The predicted molar refractivity (Wildman–Crippen MR) is 75.3 cm³/mol. The summed E-state index contributed by atoms with van der Waals surface area (Å²) in [5.41, 5.74) is 7.66. The molecule has 1 aliphatic heterocycles. The lowest BCUT2D eigenvalue weighted by molar-refractivity contribution is 0.0956. The smallest absolute Gasteiger partial charge is 0.0564 e. The molecule has 1 fully saturated rings. The van der Waals surface area contributed by atoms with E-state index in [0.717, 1.165) is 44.1 Å². The molecule has 1 saturated heterocycles. The van der Waals surface area contributed by atoms with E-state index in [1.165, 1.54) is 6.42 Å². The van der Waals surface area contributed by atoms with Gasteiger partial charge in [-0.05, 0) is 25.5 Å². The molecule has 4 nitrogen and oxygen atoms in total. The van der Waals surface area contributed by atoms with Crippen LogP contribution in [0.5, 0.6) is 0 Å². The molecule has 1 aromatic heterocycles. The van der Waals surface area contributed by atoms with Crippen LogP contribution in [-0.4, -0.2) is 47.0 Å². The number of anilines is 1. The van der Waals surface area contributed by atoms with E-state index in [-0.39, 0.29) is 0 Å². The molecule has 0 aliphatic carbocycles. The van der Waals surface area contributed by atoms with Gasteiger partial charge in [0.2, 0.25) is 0 Å². The second-order valence-electron chi connectivity index (χ2n) is 5.15. The Morgan fingerprint density at radius 1 is 1.33 bits per heavy atom. The fourth-order valence-electron chi connectivity index (χ4n) is 2.43. The first-order valence-corrected chi connectivity index (χ1v) is 6.86. The molecule has 2 heterocycles. The lowest BCUT2D eigenvalue weighted by atomic mass is 10.2. The van der Waals surface area contributed by atoms with Gasteiger partial charge < -0.3 is 5.73 Å². The van der Waals surface area contributed by atoms with Gasteiger partial charge in [-0.3, -0.25) is 14.8 Å². The molecule has 1 aliphatic rings. The maximum atomic E-state index is 5.78. The number of pyridine rings is 1. The molecule has 0 radical (unpaired) electrons. The Balaban J connectivity index is 1.83. The second-order valence-corrected chi connectivity index (χ2v) is 5.15. The standard InChI is InChI=1S/C14H24N4/c1-3-12(2)18-8-6-17(7-9-18)11-14-10-13(15)4-5-16-14/h4-5,10,12H,3,6-9,11H2,1-2H3,(H2,15,16). The summed E-state index contributed by atoms with van der Waals surface area (Å²) >= 11 is 0. The summed E-state index contributed by atoms with van der Waals surface area (Å²) in [5, 5.41) is 0. The van der Waals surface area contributed by atoms with E-state index in [1.54, 1.807) is 6.20 Å². The number of rotatable bonds is 4. The molecule has 100 valence electrons. The summed E-state index contributed by atoms with van der Waals surface area (Å²) in [5.74, 6) is 0. The minimum Gasteiger partial charge on any atom is -0.399 e. The Morgan fingerprint density at radius 2 is 2.06 bits per heavy atom. The average Bonchev–Trinajstić information content (AvgIpc) is 2.39. The van der Waals surface area contributed by atoms with Crippen LogP contribution in [0.1, 0.15) is 26.0 Å². The van der Waals surface area contributed by atoms with E-state index in [0.29, 0.717) is 6.04 Å². The molecule has 0 bridgehead atoms. The Kier molecular flexibility index (Phi) is 4.55. The van der Waals surface area contributed by atoms with Crippen LogP contribution in [0.4, 0.5) is 5.69 Å². The van der Waals surface area contributed by atoms with E-state index in [9.17, 15) is 0 Å². The Hall–Kier alpha value is -1.13. The highest BCUT2D eigenvalue weighted by atomic mass is 15.3. The van der Waals surface area contributed by atoms with Crippen LogP contribution in [0.15, 0.2) is 18.3 Å². The van der Waals surface area contributed by atoms with Crippen molar-refractivity contribution in [3.63, 3.8) is 0 Å². The Labute approximate surface area is 110 Å². The van der Waals surface area contributed by atoms with Crippen LogP contribution >= 0.6 is 0 Å². The molecule has 1 unspecified atom stereocenters. The first-order chi connectivity index (χ1) is 8.69. The summed E-state index contributed by atoms with van der Waals surface area (Å²) in [6.07, 6.45) is 3.02. The maximum Gasteiger partial charge on any atom is 0.0564 e. The Bertz CT molecular complexity index is 372. The summed E-state index contributed by atoms with van der Waals surface area (Å²) in [7, 11) is 0. The van der Waals surface area contributed by atoms with Gasteiger partial charge in [0, 0.05) is 50.6 Å². The zero-order valence-electron chi connectivity index (χ0n) is 11.5. The number of nitrogens with zero attached hydrogens (tertiary/aromatic N) is 3. The molecule has 0 saturated carbocycles. The molecule has 18 heavy (non-hydrogen) atoms. The summed E-state index contributed by atoms with van der Waals surface area (Å²) in [6.45, 7) is 10.1. The highest BCUT2D eigenvalue weighted by Gasteiger charge is 2.20. The topological polar surface area (TPSA) is 45.4 Å². The normalized spacial score (nSPS) is 19.9. The molecule has 1 atom stereocenters. The molecule has 4 heteroatoms. The third kappa shape index (κ3) is 3.43. The number of piperazine rings is 1. The highest BCUT2D eigenvalue weighted by Crippen LogP contribution is 2.12. The van der Waals surface area contributed by atoms with Gasteiger partial charge in [-0.25, -0.2) is 0 Å². The Morgan fingerprint density at radius 3 is 2.67 bits per heavy atom. The van der Waals surface area contributed by atoms with Gasteiger partial charge in [0.1, 0.15) is 0 Å². The molecular formula is C14H24N4. The van der Waals surface area contributed by atoms with Crippen molar-refractivity contribution in [3.8, 4) is 0 Å². The first kappa shape index (κ1) is 13.3. The van der Waals surface area contributed by atoms with Crippen molar-refractivity contribution >= 4 is 5.69 Å². The number of aromatic nitrogens is 1. The third-order valence-corrected chi connectivity index (χ3v) is 3.85. The first-order valence-electron chi connectivity index (χ1n) is 6.86. The fourth-order valence-corrected chi connectivity index (χ4v) is 2.43. The van der Waals surface area contributed by atoms with E-state index in [2.05, 4.69) is 28.6 Å². The summed E-state index contributed by atoms with van der Waals surface area (Å²) < 4.78 is 0. The molecule has 2 rings (SSSR count). The van der Waals surface area contributed by atoms with Gasteiger partial charge in [-0.1, -0.05) is 6.92 Å². The number of hydrogen-bond acceptors (Lipinski definition) is 4. The predicted octanol–water partition coefficient (Wildman–Crippen LogP) is 1.58. The summed E-state index contributed by atoms with van der Waals surface area (Å²) in [4.78, 5) is 9.40. The molecule has 0 aromatic carbocycles. The van der Waals surface area contributed by atoms with Crippen molar-refractivity contribution < 1.29 is 0 Å². The second kappa shape index (κ2) is 6.16. The average molecular weight is 248 g/mol. The number of hydrogen-bond donors (Lipinski definition) is 1. The highest BCUT2D eigenvalue weighted by molar-refractivity contribution is 5.37. The van der Waals surface area contributed by atoms with Crippen LogP contribution in [0.25, 0.3) is 0 Å². The molecule has 1 aromatic rings. The van der Waals surface area contributed by atoms with Crippen molar-refractivity contribution in [3.05, 3.63) is 24.0 Å². The van der Waals surface area contributed by atoms with Gasteiger partial charge >= 0.3 is 0 Å². The van der Waals surface area contributed by atoms with Crippen LogP contribution < -0.4 is 5.73 Å². The SMILES string of the molecule is CCC(C)N1CCN(Cc2cc(N)ccn2)CC1. The fraction of sp³-hybridized carbons (Fsp3) is 0.643. The van der Waals surface area contributed by atoms with Crippen molar-refractivity contribution in [2.75, 3.05) is 31.9 Å². The molecule has 0 amide bonds. The van der Waals surface area contributed by atoms with Gasteiger partial charge in [-0.2, -0.15) is 0 Å². The van der Waals surface area contributed by atoms with E-state index in [4.69, 9.17) is 5.73 Å². The van der Waals surface area contributed by atoms with E-state index in [1.807, 2.05) is 12.1 Å². The molecular weight excluding hydrogens is 224 g/mol. The van der Waals surface area contributed by atoms with Gasteiger partial charge in [0.05, 0.1) is 5.69 Å². The lowest BCUT2D eigenvalue weighted by Crippen LogP contribution is -2.49. The van der Waals surface area contributed by atoms with E-state index < -0.39 is 0 Å². The van der Waals surface area contributed by atoms with Crippen LogP contribution in [0.2, 0.25) is 0 Å². The summed E-state index contributed by atoms with van der Waals surface area (Å²) in [6, 6.07) is 4.52. The molecule has 0 spiro atoms. The molecule has 2 N–H and O–H groups in total. The maximum absolute atomic E-state index is 5.78. The van der Waals surface area contributed by atoms with Crippen molar-refractivity contribution in [2.24, 2.45) is 0 Å².